The van der Waals surface area contributed by atoms with Crippen molar-refractivity contribution in [2.45, 2.75) is 31.5 Å². The van der Waals surface area contributed by atoms with E-state index in [9.17, 15) is 10.2 Å². The Balaban J connectivity index is 1.94. The topological polar surface area (TPSA) is 119 Å². The largest absolute Gasteiger partial charge is 0.388 e. The van der Waals surface area contributed by atoms with Gasteiger partial charge in [-0.15, -0.1) is 0 Å². The van der Waals surface area contributed by atoms with Crippen LogP contribution in [0.1, 0.15) is 13.2 Å². The fourth-order valence-electron chi connectivity index (χ4n) is 3.00. The third-order valence-corrected chi connectivity index (χ3v) is 4.28. The van der Waals surface area contributed by atoms with Gasteiger partial charge in [-0.3, -0.25) is 0 Å². The van der Waals surface area contributed by atoms with Crippen LogP contribution >= 0.6 is 0 Å². The van der Waals surface area contributed by atoms with E-state index in [1.54, 1.807) is 6.92 Å². The number of nitrogen functional groups attached to an aromatic ring is 1. The maximum atomic E-state index is 10.3. The molecule has 1 aromatic carbocycles. The fraction of sp³-hybridized carbons (Fsp3) is 0.312. The minimum atomic E-state index is -1.11. The van der Waals surface area contributed by atoms with E-state index in [0.29, 0.717) is 22.5 Å². The lowest BCUT2D eigenvalue weighted by Crippen LogP contribution is -2.30. The molecule has 4 N–H and O–H groups in total. The molecule has 24 heavy (non-hydrogen) atoms. The first-order chi connectivity index (χ1) is 11.6. The third kappa shape index (κ3) is 2.15. The molecular weight excluding hydrogens is 310 g/mol. The summed E-state index contributed by atoms with van der Waals surface area (Å²) in [4.78, 5) is 8.30. The second-order valence-corrected chi connectivity index (χ2v) is 5.83. The van der Waals surface area contributed by atoms with Crippen LogP contribution in [-0.4, -0.2) is 48.3 Å². The number of nitrogens with zero attached hydrogens (tertiary/aromatic N) is 4. The lowest BCUT2D eigenvalue weighted by Gasteiger charge is -2.15. The molecule has 124 valence electrons. The molecule has 8 nitrogen and oxygen atoms in total. The lowest BCUT2D eigenvalue weighted by atomic mass is 10.1. The highest BCUT2D eigenvalue weighted by molar-refractivity contribution is 5.98. The number of anilines is 1. The number of ether oxygens (including phenoxy) is 1. The van der Waals surface area contributed by atoms with Gasteiger partial charge in [0.2, 0.25) is 0 Å². The lowest BCUT2D eigenvalue weighted by molar-refractivity contribution is -0.0370. The normalized spacial score (nSPS) is 27.0. The number of aliphatic hydroxyl groups excluding tert-OH is 2. The Morgan fingerprint density at radius 3 is 2.54 bits per heavy atom. The van der Waals surface area contributed by atoms with Crippen LogP contribution in [0.15, 0.2) is 36.7 Å². The molecule has 4 atom stereocenters. The number of hydrogen-bond acceptors (Lipinski definition) is 7. The number of fused-ring (bicyclic) bond motifs is 1. The number of hydrogen-bond donors (Lipinski definition) is 3. The molecule has 1 aliphatic heterocycles. The zero-order chi connectivity index (χ0) is 16.8. The van der Waals surface area contributed by atoms with Gasteiger partial charge in [0.25, 0.3) is 0 Å². The van der Waals surface area contributed by atoms with Gasteiger partial charge in [-0.2, -0.15) is 5.10 Å². The van der Waals surface area contributed by atoms with E-state index < -0.39 is 24.5 Å². The zero-order valence-electron chi connectivity index (χ0n) is 12.9. The highest BCUT2D eigenvalue weighted by Crippen LogP contribution is 2.35. The molecular formula is C16H17N5O3. The Labute approximate surface area is 137 Å². The van der Waals surface area contributed by atoms with Gasteiger partial charge in [0, 0.05) is 5.56 Å². The molecule has 0 radical (unpaired) electrons. The summed E-state index contributed by atoms with van der Waals surface area (Å²) in [6.07, 6.45) is -2.12. The van der Waals surface area contributed by atoms with E-state index in [2.05, 4.69) is 15.1 Å². The summed E-state index contributed by atoms with van der Waals surface area (Å²) in [5.74, 6) is 0.297. The first kappa shape index (κ1) is 15.0. The van der Waals surface area contributed by atoms with Crippen molar-refractivity contribution in [3.8, 4) is 11.3 Å². The van der Waals surface area contributed by atoms with Crippen molar-refractivity contribution in [1.29, 1.82) is 0 Å². The summed E-state index contributed by atoms with van der Waals surface area (Å²) in [5, 5.41) is 25.4. The molecule has 1 fully saturated rings. The molecule has 3 heterocycles. The quantitative estimate of drug-likeness (QED) is 0.634. The van der Waals surface area contributed by atoms with Gasteiger partial charge in [-0.1, -0.05) is 30.3 Å². The minimum Gasteiger partial charge on any atom is -0.388 e. The summed E-state index contributed by atoms with van der Waals surface area (Å²) < 4.78 is 7.13. The fourth-order valence-corrected chi connectivity index (χ4v) is 3.00. The molecule has 0 amide bonds. The summed E-state index contributed by atoms with van der Waals surface area (Å²) in [6.45, 7) is 1.70. The zero-order valence-corrected chi connectivity index (χ0v) is 12.9. The summed E-state index contributed by atoms with van der Waals surface area (Å²) in [6, 6.07) is 9.51. The Morgan fingerprint density at radius 2 is 1.88 bits per heavy atom. The van der Waals surface area contributed by atoms with E-state index in [-0.39, 0.29) is 0 Å². The van der Waals surface area contributed by atoms with Crippen molar-refractivity contribution in [3.05, 3.63) is 36.7 Å². The van der Waals surface area contributed by atoms with Crippen molar-refractivity contribution >= 4 is 16.9 Å². The average molecular weight is 327 g/mol. The van der Waals surface area contributed by atoms with Crippen molar-refractivity contribution in [2.24, 2.45) is 0 Å². The summed E-state index contributed by atoms with van der Waals surface area (Å²) in [7, 11) is 0. The predicted octanol–water partition coefficient (Wildman–Crippen LogP) is 0.715. The first-order valence-corrected chi connectivity index (χ1v) is 7.63. The van der Waals surface area contributed by atoms with Gasteiger partial charge in [-0.05, 0) is 6.92 Å². The molecule has 1 saturated heterocycles. The molecule has 0 aliphatic carbocycles. The van der Waals surface area contributed by atoms with E-state index in [4.69, 9.17) is 10.5 Å². The smallest absolute Gasteiger partial charge is 0.181 e. The Kier molecular flexibility index (Phi) is 3.45. The van der Waals surface area contributed by atoms with Crippen LogP contribution in [-0.2, 0) is 4.74 Å². The van der Waals surface area contributed by atoms with Gasteiger partial charge in [-0.25, -0.2) is 14.6 Å². The first-order valence-electron chi connectivity index (χ1n) is 7.63. The van der Waals surface area contributed by atoms with Gasteiger partial charge in [0.05, 0.1) is 11.5 Å². The molecule has 4 rings (SSSR count). The molecule has 8 heteroatoms. The number of aliphatic hydroxyl groups is 2. The third-order valence-electron chi connectivity index (χ3n) is 4.28. The van der Waals surface area contributed by atoms with Crippen LogP contribution in [0.3, 0.4) is 0 Å². The second-order valence-electron chi connectivity index (χ2n) is 5.83. The average Bonchev–Trinajstić information content (AvgIpc) is 3.10. The Hall–Kier alpha value is -2.55. The minimum absolute atomic E-state index is 0.297. The van der Waals surface area contributed by atoms with Crippen molar-refractivity contribution in [3.63, 3.8) is 0 Å². The van der Waals surface area contributed by atoms with E-state index in [1.165, 1.54) is 11.0 Å². The van der Waals surface area contributed by atoms with Crippen molar-refractivity contribution in [2.75, 3.05) is 5.73 Å². The number of nitrogens with two attached hydrogens (primary N) is 1. The molecule has 3 aromatic rings. The maximum Gasteiger partial charge on any atom is 0.181 e. The highest BCUT2D eigenvalue weighted by Gasteiger charge is 2.43. The van der Waals surface area contributed by atoms with Gasteiger partial charge in [0.1, 0.15) is 30.0 Å². The Morgan fingerprint density at radius 1 is 1.12 bits per heavy atom. The van der Waals surface area contributed by atoms with Crippen molar-refractivity contribution in [1.82, 2.24) is 19.7 Å². The van der Waals surface area contributed by atoms with Crippen molar-refractivity contribution < 1.29 is 14.9 Å². The number of aromatic nitrogens is 4. The number of benzene rings is 1. The summed E-state index contributed by atoms with van der Waals surface area (Å²) >= 11 is 0. The SMILES string of the molecule is C[C@H]1O[C@@H](n2nc(-c3ccccc3)c3c(N)ncnc32)[C@H](O)[C@@H]1O. The van der Waals surface area contributed by atoms with Crippen LogP contribution in [0, 0.1) is 0 Å². The standard InChI is InChI=1S/C16H17N5O3/c1-8-12(22)13(23)16(24-8)21-15-10(14(17)18-7-19-15)11(20-21)9-5-3-2-4-6-9/h2-8,12-13,16,22-23H,1H3,(H2,17,18,19)/t8-,12-,13-,16-/m1/s1. The molecule has 0 bridgehead atoms. The van der Waals surface area contributed by atoms with Crippen LogP contribution in [0.25, 0.3) is 22.3 Å². The van der Waals surface area contributed by atoms with E-state index >= 15 is 0 Å². The van der Waals surface area contributed by atoms with Gasteiger partial charge < -0.3 is 20.7 Å². The van der Waals surface area contributed by atoms with Crippen LogP contribution in [0.2, 0.25) is 0 Å². The van der Waals surface area contributed by atoms with Gasteiger partial charge >= 0.3 is 0 Å². The second kappa shape index (κ2) is 5.52. The maximum absolute atomic E-state index is 10.3. The Bertz CT molecular complexity index is 882. The van der Waals surface area contributed by atoms with E-state index in [0.717, 1.165) is 5.56 Å². The van der Waals surface area contributed by atoms with Crippen LogP contribution in [0.5, 0.6) is 0 Å². The van der Waals surface area contributed by atoms with Gasteiger partial charge in [0.15, 0.2) is 11.9 Å². The molecule has 2 aromatic heterocycles. The molecule has 0 unspecified atom stereocenters. The van der Waals surface area contributed by atoms with Crippen LogP contribution < -0.4 is 5.73 Å². The molecule has 0 saturated carbocycles. The van der Waals surface area contributed by atoms with E-state index in [1.807, 2.05) is 30.3 Å². The van der Waals surface area contributed by atoms with Crippen LogP contribution in [0.4, 0.5) is 5.82 Å². The highest BCUT2D eigenvalue weighted by atomic mass is 16.6. The monoisotopic (exact) mass is 327 g/mol. The summed E-state index contributed by atoms with van der Waals surface area (Å²) in [5.41, 5.74) is 7.95. The number of rotatable bonds is 2. The molecule has 1 aliphatic rings. The predicted molar refractivity (Wildman–Crippen MR) is 86.8 cm³/mol. The molecule has 0 spiro atoms.